The lowest BCUT2D eigenvalue weighted by Crippen LogP contribution is -2.53. The molecule has 2 saturated heterocycles. The minimum Gasteiger partial charge on any atom is -0.481 e. The molecule has 2 atom stereocenters. The van der Waals surface area contributed by atoms with E-state index in [4.69, 9.17) is 27.9 Å². The fraction of sp³-hybridized carbons (Fsp3) is 0.415. The summed E-state index contributed by atoms with van der Waals surface area (Å²) in [6.07, 6.45) is 4.82. The van der Waals surface area contributed by atoms with Crippen molar-refractivity contribution in [3.05, 3.63) is 99.7 Å². The van der Waals surface area contributed by atoms with Crippen molar-refractivity contribution in [2.45, 2.75) is 63.3 Å². The van der Waals surface area contributed by atoms with Crippen LogP contribution in [0.3, 0.4) is 0 Å². The fourth-order valence-corrected chi connectivity index (χ4v) is 8.61. The number of fused-ring (bicyclic) bond motifs is 1. The van der Waals surface area contributed by atoms with Crippen LogP contribution in [0.1, 0.15) is 53.6 Å². The monoisotopic (exact) mass is 773 g/mol. The van der Waals surface area contributed by atoms with Crippen molar-refractivity contribution in [2.24, 2.45) is 13.0 Å². The second-order valence-electron chi connectivity index (χ2n) is 14.7. The van der Waals surface area contributed by atoms with E-state index < -0.39 is 5.97 Å². The molecule has 2 aliphatic heterocycles. The summed E-state index contributed by atoms with van der Waals surface area (Å²) in [5.74, 6) is -1.50. The van der Waals surface area contributed by atoms with E-state index in [1.807, 2.05) is 76.0 Å². The average Bonchev–Trinajstić information content (AvgIpc) is 3.75. The number of nitrogens with one attached hydrogen (secondary N) is 1. The van der Waals surface area contributed by atoms with Crippen LogP contribution in [0.15, 0.2) is 72.9 Å². The molecule has 7 rings (SSSR count). The lowest BCUT2D eigenvalue weighted by atomic mass is 9.87. The first kappa shape index (κ1) is 37.9. The zero-order valence-corrected chi connectivity index (χ0v) is 31.8. The number of carbonyl (C=O) groups is 4. The average molecular weight is 775 g/mol. The predicted molar refractivity (Wildman–Crippen MR) is 208 cm³/mol. The van der Waals surface area contributed by atoms with Gasteiger partial charge in [0.1, 0.15) is 0 Å². The van der Waals surface area contributed by atoms with Crippen molar-refractivity contribution in [1.29, 1.82) is 0 Å². The van der Waals surface area contributed by atoms with E-state index in [2.05, 4.69) is 10.2 Å². The molecule has 54 heavy (non-hydrogen) atoms. The number of anilines is 1. The van der Waals surface area contributed by atoms with Gasteiger partial charge in [-0.3, -0.25) is 24.1 Å². The Balaban J connectivity index is 1.03. The Morgan fingerprint density at radius 2 is 1.69 bits per heavy atom. The van der Waals surface area contributed by atoms with E-state index in [0.717, 1.165) is 16.5 Å². The first-order valence-corrected chi connectivity index (χ1v) is 19.3. The SMILES string of the molecule is Cn1cc(C(=O)Nc2cc(Cl)c(CC(=O)N3C[C@@H](N4CCN(Cc5ccccc5)C(=O)C4)C[C@H]3CO[C@H]3CC[C@H](C(=O)O)CC3)cc2Cl)c2ccccc21. The van der Waals surface area contributed by atoms with Crippen LogP contribution in [-0.4, -0.2) is 99.0 Å². The highest BCUT2D eigenvalue weighted by Gasteiger charge is 2.41. The van der Waals surface area contributed by atoms with Gasteiger partial charge < -0.3 is 29.5 Å². The normalized spacial score (nSPS) is 22.2. The quantitative estimate of drug-likeness (QED) is 0.185. The third kappa shape index (κ3) is 8.44. The Morgan fingerprint density at radius 3 is 2.43 bits per heavy atom. The van der Waals surface area contributed by atoms with Crippen LogP contribution in [0, 0.1) is 5.92 Å². The summed E-state index contributed by atoms with van der Waals surface area (Å²) in [7, 11) is 1.88. The molecule has 0 spiro atoms. The molecule has 284 valence electrons. The zero-order chi connectivity index (χ0) is 37.9. The molecule has 3 heterocycles. The molecular weight excluding hydrogens is 729 g/mol. The molecule has 11 nitrogen and oxygen atoms in total. The van der Waals surface area contributed by atoms with Crippen molar-refractivity contribution >= 4 is 63.5 Å². The molecule has 13 heteroatoms. The number of aromatic nitrogens is 1. The standard InChI is InChI=1S/C41H45Cl2N5O6/c1-45-23-33(32-9-5-6-10-37(32)45)40(51)44-36-20-34(42)28(17-35(36)43)18-38(49)48-22-29(19-30(48)25-54-31-13-11-27(12-14-31)41(52)53)46-15-16-47(39(50)24-46)21-26-7-3-2-4-8-26/h2-10,17,20,23,27,29-31H,11-16,18-19,21-22,24-25H2,1H3,(H,44,51)(H,52,53)/t27-,29-,30-,31-/m0/s1. The van der Waals surface area contributed by atoms with Gasteiger partial charge in [0.25, 0.3) is 5.91 Å². The zero-order valence-electron chi connectivity index (χ0n) is 30.3. The van der Waals surface area contributed by atoms with Gasteiger partial charge in [-0.25, -0.2) is 0 Å². The van der Waals surface area contributed by atoms with Crippen molar-refractivity contribution in [3.8, 4) is 0 Å². The van der Waals surface area contributed by atoms with Crippen molar-refractivity contribution in [2.75, 3.05) is 38.1 Å². The van der Waals surface area contributed by atoms with E-state index in [0.29, 0.717) is 86.7 Å². The first-order chi connectivity index (χ1) is 26.0. The molecule has 0 bridgehead atoms. The molecule has 3 amide bonds. The van der Waals surface area contributed by atoms with Crippen LogP contribution >= 0.6 is 23.2 Å². The predicted octanol–water partition coefficient (Wildman–Crippen LogP) is 6.25. The number of likely N-dealkylation sites (tertiary alicyclic amines) is 1. The van der Waals surface area contributed by atoms with Crippen LogP contribution in [0.4, 0.5) is 5.69 Å². The van der Waals surface area contributed by atoms with E-state index in [1.165, 1.54) is 0 Å². The Bertz CT molecular complexity index is 2030. The van der Waals surface area contributed by atoms with Crippen molar-refractivity contribution < 1.29 is 29.0 Å². The minimum atomic E-state index is -0.763. The molecule has 3 aliphatic rings. The molecule has 0 radical (unpaired) electrons. The Morgan fingerprint density at radius 1 is 0.944 bits per heavy atom. The number of carboxylic acid groups (broad SMARTS) is 1. The maximum Gasteiger partial charge on any atom is 0.306 e. The summed E-state index contributed by atoms with van der Waals surface area (Å²) in [5.41, 5.74) is 3.40. The topological polar surface area (TPSA) is 124 Å². The highest BCUT2D eigenvalue weighted by Crippen LogP contribution is 2.33. The number of carbonyl (C=O) groups excluding carboxylic acids is 3. The summed E-state index contributed by atoms with van der Waals surface area (Å²) in [4.78, 5) is 58.1. The number of hydrogen-bond donors (Lipinski definition) is 2. The minimum absolute atomic E-state index is 0.00712. The number of aliphatic carboxylic acids is 1. The number of aryl methyl sites for hydroxylation is 1. The maximum absolute atomic E-state index is 14.1. The van der Waals surface area contributed by atoms with Gasteiger partial charge >= 0.3 is 5.97 Å². The highest BCUT2D eigenvalue weighted by atomic mass is 35.5. The molecule has 2 N–H and O–H groups in total. The van der Waals surface area contributed by atoms with Gasteiger partial charge in [0, 0.05) is 61.4 Å². The number of amides is 3. The largest absolute Gasteiger partial charge is 0.481 e. The summed E-state index contributed by atoms with van der Waals surface area (Å²) in [6.45, 7) is 2.91. The number of hydrogen-bond acceptors (Lipinski definition) is 6. The van der Waals surface area contributed by atoms with E-state index in [1.54, 1.807) is 18.3 Å². The van der Waals surface area contributed by atoms with Crippen LogP contribution < -0.4 is 5.32 Å². The van der Waals surface area contributed by atoms with Crippen LogP contribution in [0.2, 0.25) is 10.0 Å². The molecular formula is C41H45Cl2N5O6. The number of piperazine rings is 1. The molecule has 1 aliphatic carbocycles. The highest BCUT2D eigenvalue weighted by molar-refractivity contribution is 6.36. The van der Waals surface area contributed by atoms with Crippen LogP contribution in [0.25, 0.3) is 10.9 Å². The molecule has 1 aromatic heterocycles. The Kier molecular flexibility index (Phi) is 11.6. The number of para-hydroxylation sites is 1. The smallest absolute Gasteiger partial charge is 0.306 e. The molecule has 3 aromatic carbocycles. The third-order valence-corrected chi connectivity index (χ3v) is 11.9. The third-order valence-electron chi connectivity index (χ3n) is 11.2. The van der Waals surface area contributed by atoms with Gasteiger partial charge in [-0.1, -0.05) is 71.7 Å². The number of carboxylic acids is 1. The lowest BCUT2D eigenvalue weighted by Gasteiger charge is -2.37. The molecule has 3 fully saturated rings. The number of nitrogens with zero attached hydrogens (tertiary/aromatic N) is 4. The van der Waals surface area contributed by atoms with E-state index in [-0.39, 0.29) is 59.8 Å². The molecule has 4 aromatic rings. The van der Waals surface area contributed by atoms with Gasteiger partial charge in [-0.2, -0.15) is 0 Å². The number of benzene rings is 3. The maximum atomic E-state index is 14.1. The fourth-order valence-electron chi connectivity index (χ4n) is 8.15. The van der Waals surface area contributed by atoms with Crippen LogP contribution in [-0.2, 0) is 39.1 Å². The lowest BCUT2D eigenvalue weighted by molar-refractivity contribution is -0.144. The van der Waals surface area contributed by atoms with Crippen molar-refractivity contribution in [3.63, 3.8) is 0 Å². The summed E-state index contributed by atoms with van der Waals surface area (Å²) in [5, 5.41) is 13.7. The summed E-state index contributed by atoms with van der Waals surface area (Å²) >= 11 is 13.4. The van der Waals surface area contributed by atoms with Gasteiger partial charge in [0.2, 0.25) is 11.8 Å². The summed E-state index contributed by atoms with van der Waals surface area (Å²) < 4.78 is 8.25. The van der Waals surface area contributed by atoms with E-state index in [9.17, 15) is 24.3 Å². The number of halogens is 2. The summed E-state index contributed by atoms with van der Waals surface area (Å²) in [6, 6.07) is 20.5. The number of ether oxygens (including phenoxy) is 1. The second kappa shape index (κ2) is 16.5. The number of rotatable bonds is 11. The Labute approximate surface area is 324 Å². The van der Waals surface area contributed by atoms with Gasteiger partial charge in [-0.15, -0.1) is 0 Å². The van der Waals surface area contributed by atoms with Gasteiger partial charge in [0.15, 0.2) is 0 Å². The van der Waals surface area contributed by atoms with Crippen molar-refractivity contribution in [1.82, 2.24) is 19.3 Å². The Hall–Kier alpha value is -4.42. The van der Waals surface area contributed by atoms with Gasteiger partial charge in [-0.05, 0) is 61.4 Å². The first-order valence-electron chi connectivity index (χ1n) is 18.6. The van der Waals surface area contributed by atoms with E-state index >= 15 is 0 Å². The molecule has 0 unspecified atom stereocenters. The van der Waals surface area contributed by atoms with Crippen LogP contribution in [0.5, 0.6) is 0 Å². The molecule has 1 saturated carbocycles. The van der Waals surface area contributed by atoms with Gasteiger partial charge in [0.05, 0.1) is 53.9 Å². The second-order valence-corrected chi connectivity index (χ2v) is 15.5.